The molecule has 10 heteroatoms. The molecule has 2 N–H and O–H groups in total. The number of hydrogen-bond acceptors (Lipinski definition) is 7. The zero-order chi connectivity index (χ0) is 25.9. The molecule has 5 rings (SSSR count). The van der Waals surface area contributed by atoms with Crippen molar-refractivity contribution in [1.82, 2.24) is 19.4 Å². The number of aromatic nitrogens is 3. The molecule has 0 unspecified atom stereocenters. The van der Waals surface area contributed by atoms with Gasteiger partial charge in [0.15, 0.2) is 5.13 Å². The lowest BCUT2D eigenvalue weighted by atomic mass is 10.0. The monoisotopic (exact) mass is 514 g/mol. The Kier molecular flexibility index (Phi) is 6.85. The summed E-state index contributed by atoms with van der Waals surface area (Å²) >= 11 is 1.39. The number of rotatable bonds is 7. The van der Waals surface area contributed by atoms with Crippen molar-refractivity contribution in [1.29, 1.82) is 0 Å². The molecule has 3 aromatic carbocycles. The highest BCUT2D eigenvalue weighted by Crippen LogP contribution is 2.31. The molecule has 0 saturated carbocycles. The van der Waals surface area contributed by atoms with E-state index in [9.17, 15) is 9.59 Å². The van der Waals surface area contributed by atoms with Crippen molar-refractivity contribution < 1.29 is 9.53 Å². The molecule has 0 spiro atoms. The van der Waals surface area contributed by atoms with E-state index in [1.807, 2.05) is 55.4 Å². The number of methoxy groups -OCH3 is 1. The van der Waals surface area contributed by atoms with Crippen LogP contribution >= 0.6 is 11.3 Å². The summed E-state index contributed by atoms with van der Waals surface area (Å²) in [6, 6.07) is 18.3. The number of ether oxygens (including phenoxy) is 1. The lowest BCUT2D eigenvalue weighted by Crippen LogP contribution is -2.26. The van der Waals surface area contributed by atoms with Crippen molar-refractivity contribution in [3.05, 3.63) is 77.3 Å². The largest absolute Gasteiger partial charge is 0.497 e. The predicted octanol–water partition coefficient (Wildman–Crippen LogP) is 4.89. The van der Waals surface area contributed by atoms with Gasteiger partial charge in [0.1, 0.15) is 5.75 Å². The molecule has 188 valence electrons. The fourth-order valence-corrected chi connectivity index (χ4v) is 4.77. The fourth-order valence-electron chi connectivity index (χ4n) is 3.93. The van der Waals surface area contributed by atoms with Gasteiger partial charge < -0.3 is 15.0 Å². The quantitative estimate of drug-likeness (QED) is 0.321. The maximum Gasteiger partial charge on any atom is 0.325 e. The van der Waals surface area contributed by atoms with E-state index in [2.05, 4.69) is 20.6 Å². The van der Waals surface area contributed by atoms with Crippen LogP contribution in [0.2, 0.25) is 0 Å². The summed E-state index contributed by atoms with van der Waals surface area (Å²) in [4.78, 5) is 36.6. The van der Waals surface area contributed by atoms with Crippen LogP contribution in [0.15, 0.2) is 71.8 Å². The Labute approximate surface area is 217 Å². The summed E-state index contributed by atoms with van der Waals surface area (Å²) in [6.45, 7) is 1.33. The molecular weight excluding hydrogens is 488 g/mol. The lowest BCUT2D eigenvalue weighted by Gasteiger charge is -2.11. The van der Waals surface area contributed by atoms with Crippen LogP contribution in [0.1, 0.15) is 0 Å². The van der Waals surface area contributed by atoms with E-state index in [-0.39, 0.29) is 11.6 Å². The minimum Gasteiger partial charge on any atom is -0.497 e. The second kappa shape index (κ2) is 10.4. The second-order valence-electron chi connectivity index (χ2n) is 8.79. The first kappa shape index (κ1) is 24.4. The second-order valence-corrected chi connectivity index (χ2v) is 9.82. The first-order valence-electron chi connectivity index (χ1n) is 11.7. The molecule has 0 aliphatic carbocycles. The van der Waals surface area contributed by atoms with Crippen molar-refractivity contribution in [3.63, 3.8) is 0 Å². The Morgan fingerprint density at radius 3 is 2.65 bits per heavy atom. The van der Waals surface area contributed by atoms with E-state index in [0.717, 1.165) is 27.9 Å². The summed E-state index contributed by atoms with van der Waals surface area (Å²) in [5, 5.41) is 6.64. The van der Waals surface area contributed by atoms with Crippen LogP contribution in [0.5, 0.6) is 5.75 Å². The zero-order valence-corrected chi connectivity index (χ0v) is 21.5. The number of urea groups is 1. The van der Waals surface area contributed by atoms with Crippen LogP contribution in [-0.4, -0.2) is 53.2 Å². The van der Waals surface area contributed by atoms with Gasteiger partial charge in [-0.2, -0.15) is 0 Å². The number of amides is 2. The SMILES string of the molecule is COc1cccc(NC(=O)Nc2nc3cc(-c4ccc5ncn(CCN(C)C)c(=O)c5c4)ccc3s2)c1. The van der Waals surface area contributed by atoms with Gasteiger partial charge >= 0.3 is 6.03 Å². The summed E-state index contributed by atoms with van der Waals surface area (Å²) < 4.78 is 7.77. The molecule has 9 nitrogen and oxygen atoms in total. The summed E-state index contributed by atoms with van der Waals surface area (Å²) in [7, 11) is 5.52. The van der Waals surface area contributed by atoms with Gasteiger partial charge in [-0.15, -0.1) is 0 Å². The van der Waals surface area contributed by atoms with Crippen LogP contribution in [0.3, 0.4) is 0 Å². The third-order valence-electron chi connectivity index (χ3n) is 5.88. The van der Waals surface area contributed by atoms with Crippen LogP contribution in [0, 0.1) is 0 Å². The van der Waals surface area contributed by atoms with Gasteiger partial charge in [0.25, 0.3) is 5.56 Å². The molecule has 0 radical (unpaired) electrons. The summed E-state index contributed by atoms with van der Waals surface area (Å²) in [6.07, 6.45) is 1.61. The Morgan fingerprint density at radius 2 is 1.84 bits per heavy atom. The number of carbonyl (C=O) groups is 1. The predicted molar refractivity (Wildman–Crippen MR) is 149 cm³/mol. The normalized spacial score (nSPS) is 11.2. The number of likely N-dealkylation sites (N-methyl/N-ethyl adjacent to an activating group) is 1. The minimum absolute atomic E-state index is 0.0584. The van der Waals surface area contributed by atoms with Gasteiger partial charge in [-0.25, -0.2) is 14.8 Å². The lowest BCUT2D eigenvalue weighted by molar-refractivity contribution is 0.262. The first-order valence-corrected chi connectivity index (χ1v) is 12.5. The zero-order valence-electron chi connectivity index (χ0n) is 20.7. The first-order chi connectivity index (χ1) is 17.9. The van der Waals surface area contributed by atoms with Crippen LogP contribution in [0.4, 0.5) is 15.6 Å². The van der Waals surface area contributed by atoms with E-state index >= 15 is 0 Å². The number of nitrogens with one attached hydrogen (secondary N) is 2. The fraction of sp³-hybridized carbons (Fsp3) is 0.185. The number of hydrogen-bond donors (Lipinski definition) is 2. The van der Waals surface area contributed by atoms with Gasteiger partial charge in [-0.1, -0.05) is 29.5 Å². The average molecular weight is 515 g/mol. The third kappa shape index (κ3) is 5.45. The number of thiazole rings is 1. The minimum atomic E-state index is -0.389. The molecule has 5 aromatic rings. The van der Waals surface area contributed by atoms with Crippen molar-refractivity contribution in [3.8, 4) is 16.9 Å². The Morgan fingerprint density at radius 1 is 1.03 bits per heavy atom. The molecule has 2 heterocycles. The van der Waals surface area contributed by atoms with Gasteiger partial charge in [-0.3, -0.25) is 14.7 Å². The summed E-state index contributed by atoms with van der Waals surface area (Å²) in [5.74, 6) is 0.655. The highest BCUT2D eigenvalue weighted by Gasteiger charge is 2.11. The Balaban J connectivity index is 1.37. The number of fused-ring (bicyclic) bond motifs is 2. The molecule has 0 atom stereocenters. The van der Waals surface area contributed by atoms with Crippen molar-refractivity contribution in [2.45, 2.75) is 6.54 Å². The number of nitrogens with zero attached hydrogens (tertiary/aromatic N) is 4. The maximum absolute atomic E-state index is 13.1. The smallest absolute Gasteiger partial charge is 0.325 e. The molecule has 0 bridgehead atoms. The number of benzene rings is 3. The third-order valence-corrected chi connectivity index (χ3v) is 6.83. The van der Waals surface area contributed by atoms with Gasteiger partial charge in [0.2, 0.25) is 0 Å². The van der Waals surface area contributed by atoms with Gasteiger partial charge in [0, 0.05) is 24.8 Å². The van der Waals surface area contributed by atoms with Gasteiger partial charge in [-0.05, 0) is 61.6 Å². The Bertz CT molecular complexity index is 1660. The Hall–Kier alpha value is -4.28. The van der Waals surface area contributed by atoms with E-state index in [1.54, 1.807) is 42.3 Å². The average Bonchev–Trinajstić information content (AvgIpc) is 3.29. The van der Waals surface area contributed by atoms with Crippen LogP contribution < -0.4 is 20.9 Å². The molecule has 0 aliphatic rings. The number of carbonyl (C=O) groups excluding carboxylic acids is 1. The molecule has 0 saturated heterocycles. The molecule has 2 aromatic heterocycles. The van der Waals surface area contributed by atoms with Crippen molar-refractivity contribution in [2.75, 3.05) is 38.4 Å². The van der Waals surface area contributed by atoms with Crippen molar-refractivity contribution >= 4 is 49.3 Å². The van der Waals surface area contributed by atoms with E-state index in [1.165, 1.54) is 11.3 Å². The molecule has 0 fully saturated rings. The maximum atomic E-state index is 13.1. The van der Waals surface area contributed by atoms with E-state index < -0.39 is 0 Å². The summed E-state index contributed by atoms with van der Waals surface area (Å²) in [5.41, 5.74) is 3.81. The van der Waals surface area contributed by atoms with E-state index in [4.69, 9.17) is 4.74 Å². The standard InChI is InChI=1S/C27H26N6O3S/c1-32(2)11-12-33-16-28-22-9-7-17(13-21(22)25(33)34)18-8-10-24-23(14-18)30-27(37-24)31-26(35)29-19-5-4-6-20(15-19)36-3/h4-10,13-16H,11-12H2,1-3H3,(H2,29,30,31,35). The van der Waals surface area contributed by atoms with Gasteiger partial charge in [0.05, 0.1) is 34.6 Å². The topological polar surface area (TPSA) is 101 Å². The molecule has 2 amide bonds. The van der Waals surface area contributed by atoms with Crippen molar-refractivity contribution in [2.24, 2.45) is 0 Å². The molecule has 0 aliphatic heterocycles. The number of anilines is 2. The highest BCUT2D eigenvalue weighted by molar-refractivity contribution is 7.22. The van der Waals surface area contributed by atoms with Crippen LogP contribution in [0.25, 0.3) is 32.2 Å². The van der Waals surface area contributed by atoms with E-state index in [0.29, 0.717) is 34.0 Å². The van der Waals surface area contributed by atoms with Crippen LogP contribution in [-0.2, 0) is 6.54 Å². The molecular formula is C27H26N6O3S. The molecule has 37 heavy (non-hydrogen) atoms. The highest BCUT2D eigenvalue weighted by atomic mass is 32.1.